The van der Waals surface area contributed by atoms with Gasteiger partial charge in [0, 0.05) is 37.8 Å². The molecule has 3 rings (SSSR count). The van der Waals surface area contributed by atoms with Crippen LogP contribution >= 0.6 is 0 Å². The van der Waals surface area contributed by atoms with Gasteiger partial charge in [0.2, 0.25) is 11.7 Å². The molecule has 2 N–H and O–H groups in total. The van der Waals surface area contributed by atoms with Crippen LogP contribution in [0, 0.1) is 11.8 Å². The van der Waals surface area contributed by atoms with Crippen LogP contribution in [-0.2, 0) is 9.53 Å². The van der Waals surface area contributed by atoms with E-state index in [-0.39, 0.29) is 29.8 Å². The van der Waals surface area contributed by atoms with Gasteiger partial charge in [0.15, 0.2) is 11.5 Å². The number of benzene rings is 1. The molecule has 1 saturated heterocycles. The van der Waals surface area contributed by atoms with Crippen LogP contribution in [0.3, 0.4) is 0 Å². The molecule has 2 fully saturated rings. The second-order valence-electron chi connectivity index (χ2n) is 7.65. The topological polar surface area (TPSA) is 95.1 Å². The number of ether oxygens (including phenoxy) is 4. The Morgan fingerprint density at radius 3 is 2.38 bits per heavy atom. The van der Waals surface area contributed by atoms with E-state index in [9.17, 15) is 9.59 Å². The van der Waals surface area contributed by atoms with Crippen LogP contribution in [0.4, 0.5) is 0 Å². The third kappa shape index (κ3) is 4.58. The minimum Gasteiger partial charge on any atom is -0.493 e. The Hall–Kier alpha value is -2.48. The molecule has 8 heteroatoms. The third-order valence-electron chi connectivity index (χ3n) is 5.95. The Morgan fingerprint density at radius 2 is 1.79 bits per heavy atom. The van der Waals surface area contributed by atoms with Gasteiger partial charge in [-0.15, -0.1) is 0 Å². The van der Waals surface area contributed by atoms with E-state index in [1.54, 1.807) is 19.2 Å². The monoisotopic (exact) mass is 406 g/mol. The summed E-state index contributed by atoms with van der Waals surface area (Å²) in [7, 11) is 6.23. The van der Waals surface area contributed by atoms with Gasteiger partial charge >= 0.3 is 0 Å². The molecular weight excluding hydrogens is 376 g/mol. The standard InChI is InChI=1S/C21H30N2O6/c1-26-11-13-9-19(24)23-16-10-14(5-6-15(13)16)22-21(25)12-7-17(27-2)20(29-4)18(8-12)28-3/h7-8,13-16H,5-6,9-11H2,1-4H3,(H,22,25)(H,23,24). The molecule has 0 radical (unpaired) electrons. The maximum Gasteiger partial charge on any atom is 0.251 e. The summed E-state index contributed by atoms with van der Waals surface area (Å²) in [6, 6.07) is 3.33. The van der Waals surface area contributed by atoms with Crippen molar-refractivity contribution in [2.24, 2.45) is 11.8 Å². The molecular formula is C21H30N2O6. The fourth-order valence-electron chi connectivity index (χ4n) is 4.59. The van der Waals surface area contributed by atoms with Gasteiger partial charge in [-0.1, -0.05) is 0 Å². The summed E-state index contributed by atoms with van der Waals surface area (Å²) in [6.45, 7) is 0.594. The molecule has 1 aromatic rings. The minimum absolute atomic E-state index is 0.00978. The molecule has 4 unspecified atom stereocenters. The van der Waals surface area contributed by atoms with Gasteiger partial charge < -0.3 is 29.6 Å². The van der Waals surface area contributed by atoms with Crippen LogP contribution in [0.15, 0.2) is 12.1 Å². The van der Waals surface area contributed by atoms with E-state index in [2.05, 4.69) is 10.6 Å². The summed E-state index contributed by atoms with van der Waals surface area (Å²) in [6.07, 6.45) is 3.04. The number of amides is 2. The van der Waals surface area contributed by atoms with Gasteiger partial charge in [-0.3, -0.25) is 9.59 Å². The molecule has 1 aromatic carbocycles. The zero-order valence-electron chi connectivity index (χ0n) is 17.4. The molecule has 1 saturated carbocycles. The lowest BCUT2D eigenvalue weighted by atomic mass is 9.71. The largest absolute Gasteiger partial charge is 0.493 e. The van der Waals surface area contributed by atoms with Crippen LogP contribution in [0.25, 0.3) is 0 Å². The second kappa shape index (κ2) is 9.35. The number of rotatable bonds is 7. The average molecular weight is 406 g/mol. The Kier molecular flexibility index (Phi) is 6.84. The number of nitrogens with one attached hydrogen (secondary N) is 2. The quantitative estimate of drug-likeness (QED) is 0.717. The lowest BCUT2D eigenvalue weighted by Gasteiger charge is -2.43. The number of hydrogen-bond donors (Lipinski definition) is 2. The van der Waals surface area contributed by atoms with Gasteiger partial charge in [0.1, 0.15) is 0 Å². The predicted octanol–water partition coefficient (Wildman–Crippen LogP) is 1.76. The molecule has 1 heterocycles. The summed E-state index contributed by atoms with van der Waals surface area (Å²) >= 11 is 0. The number of hydrogen-bond acceptors (Lipinski definition) is 6. The first kappa shape index (κ1) is 21.2. The number of carbonyl (C=O) groups is 2. The highest BCUT2D eigenvalue weighted by molar-refractivity contribution is 5.95. The molecule has 2 amide bonds. The fraction of sp³-hybridized carbons (Fsp3) is 0.619. The summed E-state index contributed by atoms with van der Waals surface area (Å²) in [5, 5.41) is 6.20. The summed E-state index contributed by atoms with van der Waals surface area (Å²) in [4.78, 5) is 24.9. The lowest BCUT2D eigenvalue weighted by Crippen LogP contribution is -2.56. The van der Waals surface area contributed by atoms with Crippen molar-refractivity contribution in [2.75, 3.05) is 35.0 Å². The van der Waals surface area contributed by atoms with E-state index < -0.39 is 0 Å². The highest BCUT2D eigenvalue weighted by atomic mass is 16.5. The minimum atomic E-state index is -0.205. The normalized spacial score (nSPS) is 26.1. The number of piperidine rings is 1. The molecule has 0 aromatic heterocycles. The second-order valence-corrected chi connectivity index (χ2v) is 7.65. The average Bonchev–Trinajstić information content (AvgIpc) is 2.72. The summed E-state index contributed by atoms with van der Waals surface area (Å²) in [5.41, 5.74) is 0.437. The van der Waals surface area contributed by atoms with Crippen molar-refractivity contribution < 1.29 is 28.5 Å². The molecule has 2 aliphatic rings. The zero-order valence-corrected chi connectivity index (χ0v) is 17.4. The molecule has 29 heavy (non-hydrogen) atoms. The van der Waals surface area contributed by atoms with Crippen LogP contribution in [-0.4, -0.2) is 58.9 Å². The van der Waals surface area contributed by atoms with E-state index in [4.69, 9.17) is 18.9 Å². The molecule has 1 aliphatic carbocycles. The molecule has 0 spiro atoms. The van der Waals surface area contributed by atoms with Crippen molar-refractivity contribution in [3.05, 3.63) is 17.7 Å². The first-order valence-corrected chi connectivity index (χ1v) is 9.89. The van der Waals surface area contributed by atoms with Crippen LogP contribution < -0.4 is 24.8 Å². The van der Waals surface area contributed by atoms with Gasteiger partial charge in [0.05, 0.1) is 21.3 Å². The highest BCUT2D eigenvalue weighted by Gasteiger charge is 2.41. The van der Waals surface area contributed by atoms with Crippen LogP contribution in [0.2, 0.25) is 0 Å². The number of methoxy groups -OCH3 is 4. The van der Waals surface area contributed by atoms with Gasteiger partial charge in [-0.05, 0) is 43.2 Å². The maximum absolute atomic E-state index is 12.9. The number of fused-ring (bicyclic) bond motifs is 1. The van der Waals surface area contributed by atoms with Gasteiger partial charge in [0.25, 0.3) is 5.91 Å². The van der Waals surface area contributed by atoms with Gasteiger partial charge in [-0.2, -0.15) is 0 Å². The molecule has 0 bridgehead atoms. The molecule has 160 valence electrons. The third-order valence-corrected chi connectivity index (χ3v) is 5.95. The van der Waals surface area contributed by atoms with Crippen molar-refractivity contribution in [3.63, 3.8) is 0 Å². The van der Waals surface area contributed by atoms with Crippen LogP contribution in [0.1, 0.15) is 36.0 Å². The SMILES string of the molecule is COCC1CC(=O)NC2CC(NC(=O)c3cc(OC)c(OC)c(OC)c3)CCC12. The summed E-state index contributed by atoms with van der Waals surface area (Å²) in [5.74, 6) is 1.80. The zero-order chi connectivity index (χ0) is 21.0. The van der Waals surface area contributed by atoms with Crippen molar-refractivity contribution >= 4 is 11.8 Å². The van der Waals surface area contributed by atoms with Crippen molar-refractivity contribution in [1.29, 1.82) is 0 Å². The highest BCUT2D eigenvalue weighted by Crippen LogP contribution is 2.39. The van der Waals surface area contributed by atoms with E-state index in [0.29, 0.717) is 48.2 Å². The summed E-state index contributed by atoms with van der Waals surface area (Å²) < 4.78 is 21.3. The molecule has 4 atom stereocenters. The Bertz CT molecular complexity index is 728. The van der Waals surface area contributed by atoms with E-state index in [1.165, 1.54) is 21.3 Å². The van der Waals surface area contributed by atoms with Gasteiger partial charge in [-0.25, -0.2) is 0 Å². The molecule has 1 aliphatic heterocycles. The van der Waals surface area contributed by atoms with E-state index >= 15 is 0 Å². The van der Waals surface area contributed by atoms with Crippen molar-refractivity contribution in [3.8, 4) is 17.2 Å². The first-order valence-electron chi connectivity index (χ1n) is 9.89. The fourth-order valence-corrected chi connectivity index (χ4v) is 4.59. The smallest absolute Gasteiger partial charge is 0.251 e. The maximum atomic E-state index is 12.9. The van der Waals surface area contributed by atoms with Crippen molar-refractivity contribution in [1.82, 2.24) is 10.6 Å². The molecule has 8 nitrogen and oxygen atoms in total. The Balaban J connectivity index is 1.70. The predicted molar refractivity (Wildman–Crippen MR) is 107 cm³/mol. The lowest BCUT2D eigenvalue weighted by molar-refractivity contribution is -0.128. The first-order chi connectivity index (χ1) is 14.0. The Labute approximate surface area is 171 Å². The van der Waals surface area contributed by atoms with E-state index in [0.717, 1.165) is 12.8 Å². The van der Waals surface area contributed by atoms with Crippen molar-refractivity contribution in [2.45, 2.75) is 37.8 Å². The van der Waals surface area contributed by atoms with Crippen LogP contribution in [0.5, 0.6) is 17.2 Å². The van der Waals surface area contributed by atoms with E-state index in [1.807, 2.05) is 0 Å². The Morgan fingerprint density at radius 1 is 1.10 bits per heavy atom. The number of carbonyl (C=O) groups excluding carboxylic acids is 2.